The first kappa shape index (κ1) is 37.2. The molecule has 0 aliphatic carbocycles. The fraction of sp³-hybridized carbons (Fsp3) is 0.278. The number of carbonyl (C=O) groups excluding carboxylic acids is 1. The highest BCUT2D eigenvalue weighted by Gasteiger charge is 2.54. The molecule has 16 heteroatoms. The number of hydrogen-bond acceptors (Lipinski definition) is 7. The van der Waals surface area contributed by atoms with Crippen LogP contribution in [0, 0.1) is 5.82 Å². The van der Waals surface area contributed by atoms with Crippen LogP contribution in [0.3, 0.4) is 0 Å². The Labute approximate surface area is 295 Å². The lowest BCUT2D eigenvalue weighted by Crippen LogP contribution is -2.50. The Morgan fingerprint density at radius 3 is 2.27 bits per heavy atom. The number of ether oxygens (including phenoxy) is 2. The van der Waals surface area contributed by atoms with Crippen molar-refractivity contribution in [3.63, 3.8) is 0 Å². The topological polar surface area (TPSA) is 178 Å². The predicted octanol–water partition coefficient (Wildman–Crippen LogP) is 8.04. The number of aliphatic hydroxyl groups excluding tert-OH is 1. The highest BCUT2D eigenvalue weighted by molar-refractivity contribution is 6.01. The first-order chi connectivity index (χ1) is 25.1. The fourth-order valence-corrected chi connectivity index (χ4v) is 5.83. The van der Waals surface area contributed by atoms with Crippen molar-refractivity contribution >= 4 is 11.8 Å². The van der Waals surface area contributed by atoms with Gasteiger partial charge in [0.25, 0.3) is 5.91 Å². The van der Waals surface area contributed by atoms with E-state index in [-0.39, 0.29) is 44.2 Å². The Hall–Kier alpha value is -6.08. The van der Waals surface area contributed by atoms with Gasteiger partial charge in [-0.25, -0.2) is 9.38 Å². The van der Waals surface area contributed by atoms with Crippen LogP contribution in [-0.4, -0.2) is 35.7 Å². The molecule has 1 aliphatic heterocycles. The molecule has 1 heterocycles. The number of carbonyl (C=O) groups is 1. The van der Waals surface area contributed by atoms with Gasteiger partial charge in [-0.1, -0.05) is 58.8 Å². The molecule has 5 rings (SSSR count). The summed E-state index contributed by atoms with van der Waals surface area (Å²) in [4.78, 5) is 25.4. The summed E-state index contributed by atoms with van der Waals surface area (Å²) in [6.45, 7) is -0.396. The highest BCUT2D eigenvalue weighted by Crippen LogP contribution is 2.44. The maximum Gasteiger partial charge on any atom is 0.416 e. The first-order valence-electron chi connectivity index (χ1n) is 16.0. The van der Waals surface area contributed by atoms with Gasteiger partial charge in [0.2, 0.25) is 5.90 Å². The summed E-state index contributed by atoms with van der Waals surface area (Å²) >= 11 is 0. The van der Waals surface area contributed by atoms with E-state index in [9.17, 15) is 22.4 Å². The number of benzene rings is 4. The minimum Gasteiger partial charge on any atom is -0.494 e. The van der Waals surface area contributed by atoms with Crippen molar-refractivity contribution in [2.75, 3.05) is 13.2 Å². The van der Waals surface area contributed by atoms with Gasteiger partial charge in [0, 0.05) is 41.4 Å². The standard InChI is InChI=1S/C36H32F4N8O4/c37-29-17-23(16-28(18-29)36(38,39)40)20-43-34(50)35(19-25-6-1-2-7-26(25)21-44-47-41)32(31-9-4-3-8-27(31)22-45-48-42)52-33(46-35)24-10-12-30(13-11-24)51-15-5-14-49/h1-4,6-13,16-18,32,49H,5,14-15,19-22H2,(H,43,50)/t32-,35-/m1/s1. The molecular formula is C36H32F4N8O4. The van der Waals surface area contributed by atoms with Crippen molar-refractivity contribution in [3.05, 3.63) is 157 Å². The number of nitrogens with one attached hydrogen (secondary N) is 1. The van der Waals surface area contributed by atoms with E-state index in [0.717, 1.165) is 12.1 Å². The van der Waals surface area contributed by atoms with Gasteiger partial charge >= 0.3 is 6.18 Å². The van der Waals surface area contributed by atoms with Crippen LogP contribution in [0.1, 0.15) is 51.5 Å². The van der Waals surface area contributed by atoms with Crippen LogP contribution in [0.2, 0.25) is 0 Å². The van der Waals surface area contributed by atoms with E-state index in [2.05, 4.69) is 25.4 Å². The van der Waals surface area contributed by atoms with Gasteiger partial charge in [-0.2, -0.15) is 13.2 Å². The van der Waals surface area contributed by atoms with Crippen LogP contribution in [0.25, 0.3) is 20.9 Å². The number of aliphatic imine (C=N–C) groups is 1. The van der Waals surface area contributed by atoms with E-state index >= 15 is 0 Å². The van der Waals surface area contributed by atoms with Crippen molar-refractivity contribution < 1.29 is 36.9 Å². The van der Waals surface area contributed by atoms with Crippen LogP contribution in [-0.2, 0) is 41.8 Å². The molecule has 1 aliphatic rings. The van der Waals surface area contributed by atoms with Gasteiger partial charge in [-0.05, 0) is 81.3 Å². The molecule has 2 N–H and O–H groups in total. The largest absolute Gasteiger partial charge is 0.494 e. The Bertz CT molecular complexity index is 2030. The molecular weight excluding hydrogens is 684 g/mol. The number of rotatable bonds is 15. The fourth-order valence-electron chi connectivity index (χ4n) is 5.83. The quantitative estimate of drug-likeness (QED) is 0.0416. The number of alkyl halides is 3. The Balaban J connectivity index is 1.65. The lowest BCUT2D eigenvalue weighted by molar-refractivity contribution is -0.137. The summed E-state index contributed by atoms with van der Waals surface area (Å²) in [5.41, 5.74) is 17.5. The smallest absolute Gasteiger partial charge is 0.416 e. The van der Waals surface area contributed by atoms with Crippen molar-refractivity contribution in [2.45, 2.75) is 50.3 Å². The van der Waals surface area contributed by atoms with E-state index in [1.54, 1.807) is 72.8 Å². The number of aliphatic hydroxyl groups is 1. The lowest BCUT2D eigenvalue weighted by atomic mass is 9.79. The molecule has 0 aromatic heterocycles. The summed E-state index contributed by atoms with van der Waals surface area (Å²) in [7, 11) is 0. The molecule has 1 amide bonds. The average Bonchev–Trinajstić information content (AvgIpc) is 3.52. The Morgan fingerprint density at radius 2 is 1.60 bits per heavy atom. The van der Waals surface area contributed by atoms with Crippen LogP contribution in [0.15, 0.2) is 106 Å². The molecule has 0 fully saturated rings. The van der Waals surface area contributed by atoms with E-state index in [1.165, 1.54) is 0 Å². The van der Waals surface area contributed by atoms with Gasteiger partial charge in [-0.15, -0.1) is 0 Å². The van der Waals surface area contributed by atoms with E-state index < -0.39 is 41.7 Å². The van der Waals surface area contributed by atoms with Gasteiger partial charge < -0.3 is 19.9 Å². The third kappa shape index (κ3) is 8.79. The normalized spacial score (nSPS) is 16.6. The number of halogens is 4. The number of azide groups is 2. The summed E-state index contributed by atoms with van der Waals surface area (Å²) in [5.74, 6) is -1.32. The molecule has 0 radical (unpaired) electrons. The zero-order chi connectivity index (χ0) is 37.1. The third-order valence-corrected chi connectivity index (χ3v) is 8.29. The van der Waals surface area contributed by atoms with Crippen molar-refractivity contribution in [3.8, 4) is 5.75 Å². The monoisotopic (exact) mass is 716 g/mol. The molecule has 0 spiro atoms. The maximum atomic E-state index is 14.7. The molecule has 52 heavy (non-hydrogen) atoms. The molecule has 0 saturated carbocycles. The van der Waals surface area contributed by atoms with Gasteiger partial charge in [0.05, 0.1) is 25.3 Å². The lowest BCUT2D eigenvalue weighted by Gasteiger charge is -2.32. The number of hydrogen-bond donors (Lipinski definition) is 2. The first-order valence-corrected chi connectivity index (χ1v) is 16.0. The van der Waals surface area contributed by atoms with Crippen molar-refractivity contribution in [2.24, 2.45) is 15.2 Å². The van der Waals surface area contributed by atoms with Crippen LogP contribution in [0.4, 0.5) is 17.6 Å². The molecule has 4 aromatic rings. The minimum absolute atomic E-state index is 0.0376. The maximum absolute atomic E-state index is 14.7. The number of amides is 1. The van der Waals surface area contributed by atoms with Gasteiger partial charge in [-0.3, -0.25) is 4.79 Å². The molecule has 12 nitrogen and oxygen atoms in total. The van der Waals surface area contributed by atoms with Crippen LogP contribution in [0.5, 0.6) is 5.75 Å². The van der Waals surface area contributed by atoms with Crippen molar-refractivity contribution in [1.82, 2.24) is 5.32 Å². The molecule has 0 unspecified atom stereocenters. The summed E-state index contributed by atoms with van der Waals surface area (Å²) in [6.07, 6.45) is -5.71. The second-order valence-electron chi connectivity index (χ2n) is 11.7. The van der Waals surface area contributed by atoms with Gasteiger partial charge in [0.15, 0.2) is 11.6 Å². The Morgan fingerprint density at radius 1 is 0.942 bits per heavy atom. The van der Waals surface area contributed by atoms with Crippen LogP contribution < -0.4 is 10.1 Å². The van der Waals surface area contributed by atoms with Crippen LogP contribution >= 0.6 is 0 Å². The highest BCUT2D eigenvalue weighted by atomic mass is 19.4. The average molecular weight is 717 g/mol. The molecule has 268 valence electrons. The third-order valence-electron chi connectivity index (χ3n) is 8.29. The predicted molar refractivity (Wildman–Crippen MR) is 182 cm³/mol. The zero-order valence-corrected chi connectivity index (χ0v) is 27.5. The SMILES string of the molecule is [N-]=[N+]=NCc1ccccc1C[C@@]1(C(=O)NCc2cc(F)cc(C(F)(F)F)c2)N=C(c2ccc(OCCCO)cc2)O[C@@H]1c1ccccc1CN=[N+]=[N-]. The Kier molecular flexibility index (Phi) is 12.0. The summed E-state index contributed by atoms with van der Waals surface area (Å²) < 4.78 is 67.1. The molecule has 0 bridgehead atoms. The number of nitrogens with zero attached hydrogens (tertiary/aromatic N) is 7. The van der Waals surface area contributed by atoms with E-state index in [4.69, 9.17) is 30.6 Å². The second kappa shape index (κ2) is 16.8. The zero-order valence-electron chi connectivity index (χ0n) is 27.5. The molecule has 4 aromatic carbocycles. The second-order valence-corrected chi connectivity index (χ2v) is 11.7. The van der Waals surface area contributed by atoms with E-state index in [0.29, 0.717) is 46.1 Å². The molecule has 2 atom stereocenters. The van der Waals surface area contributed by atoms with Crippen molar-refractivity contribution in [1.29, 1.82) is 0 Å². The summed E-state index contributed by atoms with van der Waals surface area (Å²) in [5, 5.41) is 19.2. The molecule has 0 saturated heterocycles. The summed E-state index contributed by atoms with van der Waals surface area (Å²) in [6, 6.07) is 22.4. The van der Waals surface area contributed by atoms with E-state index in [1.807, 2.05) is 0 Å². The minimum atomic E-state index is -4.82. The van der Waals surface area contributed by atoms with Gasteiger partial charge in [0.1, 0.15) is 11.6 Å².